The second-order valence-electron chi connectivity index (χ2n) is 5.46. The van der Waals surface area contributed by atoms with Gasteiger partial charge in [-0.3, -0.25) is 14.5 Å². The van der Waals surface area contributed by atoms with Gasteiger partial charge in [0.05, 0.1) is 13.2 Å². The van der Waals surface area contributed by atoms with Crippen molar-refractivity contribution < 1.29 is 29.0 Å². The van der Waals surface area contributed by atoms with Crippen LogP contribution in [0.1, 0.15) is 13.8 Å². The highest BCUT2D eigenvalue weighted by Gasteiger charge is 2.46. The van der Waals surface area contributed by atoms with E-state index in [0.717, 1.165) is 9.80 Å². The van der Waals surface area contributed by atoms with E-state index in [1.165, 1.54) is 13.8 Å². The summed E-state index contributed by atoms with van der Waals surface area (Å²) in [6.45, 7) is 2.83. The van der Waals surface area contributed by atoms with Gasteiger partial charge in [0.15, 0.2) is 6.04 Å². The molecule has 2 fully saturated rings. The first-order chi connectivity index (χ1) is 9.74. The van der Waals surface area contributed by atoms with Crippen LogP contribution in [0.5, 0.6) is 0 Å². The quantitative estimate of drug-likeness (QED) is 0.621. The van der Waals surface area contributed by atoms with Gasteiger partial charge in [-0.05, 0) is 13.8 Å². The molecule has 2 heterocycles. The Kier molecular flexibility index (Phi) is 3.86. The average molecular weight is 299 g/mol. The van der Waals surface area contributed by atoms with Gasteiger partial charge in [0, 0.05) is 6.54 Å². The van der Waals surface area contributed by atoms with Gasteiger partial charge in [-0.2, -0.15) is 0 Å². The van der Waals surface area contributed by atoms with Gasteiger partial charge in [-0.1, -0.05) is 0 Å². The number of amides is 4. The van der Waals surface area contributed by atoms with Crippen LogP contribution in [0.25, 0.3) is 0 Å². The number of urea groups is 1. The molecule has 2 saturated heterocycles. The highest BCUT2D eigenvalue weighted by atomic mass is 16.5. The number of hydrogen-bond donors (Lipinski definition) is 2. The molecule has 0 bridgehead atoms. The number of nitrogens with zero attached hydrogens (tertiary/aromatic N) is 2. The van der Waals surface area contributed by atoms with E-state index in [2.05, 4.69) is 5.32 Å². The first-order valence-corrected chi connectivity index (χ1v) is 6.48. The van der Waals surface area contributed by atoms with Gasteiger partial charge in [0.2, 0.25) is 5.91 Å². The molecule has 21 heavy (non-hydrogen) atoms. The zero-order valence-corrected chi connectivity index (χ0v) is 11.8. The monoisotopic (exact) mass is 299 g/mol. The number of ether oxygens (including phenoxy) is 1. The second kappa shape index (κ2) is 5.32. The van der Waals surface area contributed by atoms with Crippen LogP contribution >= 0.6 is 0 Å². The van der Waals surface area contributed by atoms with Crippen molar-refractivity contribution in [2.45, 2.75) is 25.4 Å². The Balaban J connectivity index is 2.09. The fraction of sp³-hybridized carbons (Fsp3) is 0.667. The zero-order valence-electron chi connectivity index (χ0n) is 11.8. The Bertz CT molecular complexity index is 503. The molecule has 0 aromatic heterocycles. The highest BCUT2D eigenvalue weighted by molar-refractivity contribution is 6.08. The smallest absolute Gasteiger partial charge is 0.328 e. The van der Waals surface area contributed by atoms with Crippen molar-refractivity contribution in [3.63, 3.8) is 0 Å². The molecule has 0 aromatic carbocycles. The molecule has 1 atom stereocenters. The lowest BCUT2D eigenvalue weighted by Crippen LogP contribution is -2.55. The summed E-state index contributed by atoms with van der Waals surface area (Å²) >= 11 is 0. The summed E-state index contributed by atoms with van der Waals surface area (Å²) in [6.07, 6.45) is 0. The number of morpholine rings is 1. The maximum atomic E-state index is 12.2. The van der Waals surface area contributed by atoms with Crippen LogP contribution in [0.4, 0.5) is 4.79 Å². The molecule has 2 aliphatic heterocycles. The molecule has 0 aliphatic carbocycles. The van der Waals surface area contributed by atoms with Crippen LogP contribution in [0, 0.1) is 0 Å². The minimum Gasteiger partial charge on any atom is -0.480 e. The molecule has 2 N–H and O–H groups in total. The lowest BCUT2D eigenvalue weighted by molar-refractivity contribution is -0.158. The van der Waals surface area contributed by atoms with Gasteiger partial charge in [-0.25, -0.2) is 9.59 Å². The van der Waals surface area contributed by atoms with Crippen LogP contribution in [-0.4, -0.2) is 76.6 Å². The molecule has 116 valence electrons. The summed E-state index contributed by atoms with van der Waals surface area (Å²) < 4.78 is 5.03. The standard InChI is InChI=1S/C12H17N3O6/c1-12(2)10(19)15(11(20)13-12)5-8(16)14-3-4-21-6-7(14)9(17)18/h7H,3-6H2,1-2H3,(H,13,20)(H,17,18). The van der Waals surface area contributed by atoms with Crippen molar-refractivity contribution in [2.24, 2.45) is 0 Å². The molecule has 0 saturated carbocycles. The Morgan fingerprint density at radius 1 is 1.43 bits per heavy atom. The number of nitrogens with one attached hydrogen (secondary N) is 1. The fourth-order valence-corrected chi connectivity index (χ4v) is 2.29. The van der Waals surface area contributed by atoms with Crippen molar-refractivity contribution in [3.05, 3.63) is 0 Å². The summed E-state index contributed by atoms with van der Waals surface area (Å²) in [5.41, 5.74) is -1.06. The number of carbonyl (C=O) groups excluding carboxylic acids is 3. The van der Waals surface area contributed by atoms with E-state index in [1.807, 2.05) is 0 Å². The van der Waals surface area contributed by atoms with Crippen molar-refractivity contribution in [1.29, 1.82) is 0 Å². The van der Waals surface area contributed by atoms with Gasteiger partial charge in [0.1, 0.15) is 12.1 Å². The summed E-state index contributed by atoms with van der Waals surface area (Å²) in [7, 11) is 0. The van der Waals surface area contributed by atoms with E-state index >= 15 is 0 Å². The van der Waals surface area contributed by atoms with Crippen LogP contribution in [-0.2, 0) is 19.1 Å². The van der Waals surface area contributed by atoms with Crippen molar-refractivity contribution in [2.75, 3.05) is 26.3 Å². The number of carbonyl (C=O) groups is 4. The van der Waals surface area contributed by atoms with E-state index in [9.17, 15) is 19.2 Å². The fourth-order valence-electron chi connectivity index (χ4n) is 2.29. The van der Waals surface area contributed by atoms with Crippen LogP contribution in [0.3, 0.4) is 0 Å². The molecule has 0 radical (unpaired) electrons. The van der Waals surface area contributed by atoms with E-state index in [-0.39, 0.29) is 19.8 Å². The number of carboxylic acids is 1. The average Bonchev–Trinajstić information content (AvgIpc) is 2.60. The minimum absolute atomic E-state index is 0.104. The Morgan fingerprint density at radius 3 is 2.62 bits per heavy atom. The zero-order chi connectivity index (χ0) is 15.8. The maximum absolute atomic E-state index is 12.2. The normalized spacial score (nSPS) is 25.0. The lowest BCUT2D eigenvalue weighted by atomic mass is 10.1. The molecule has 4 amide bonds. The third-order valence-electron chi connectivity index (χ3n) is 3.47. The van der Waals surface area contributed by atoms with Crippen LogP contribution in [0.15, 0.2) is 0 Å². The first-order valence-electron chi connectivity index (χ1n) is 6.48. The highest BCUT2D eigenvalue weighted by Crippen LogP contribution is 2.17. The second-order valence-corrected chi connectivity index (χ2v) is 5.46. The third kappa shape index (κ3) is 2.82. The molecular formula is C12H17N3O6. The van der Waals surface area contributed by atoms with Gasteiger partial charge in [-0.15, -0.1) is 0 Å². The largest absolute Gasteiger partial charge is 0.480 e. The summed E-state index contributed by atoms with van der Waals surface area (Å²) in [6, 6.07) is -1.75. The molecular weight excluding hydrogens is 282 g/mol. The predicted molar refractivity (Wildman–Crippen MR) is 68.3 cm³/mol. The van der Waals surface area contributed by atoms with Gasteiger partial charge in [0.25, 0.3) is 5.91 Å². The lowest BCUT2D eigenvalue weighted by Gasteiger charge is -2.33. The molecule has 0 aromatic rings. The molecule has 2 aliphatic rings. The molecule has 1 unspecified atom stereocenters. The maximum Gasteiger partial charge on any atom is 0.328 e. The van der Waals surface area contributed by atoms with E-state index in [1.54, 1.807) is 0 Å². The summed E-state index contributed by atoms with van der Waals surface area (Å²) in [5, 5.41) is 11.5. The van der Waals surface area contributed by atoms with Crippen LogP contribution < -0.4 is 5.32 Å². The number of hydrogen-bond acceptors (Lipinski definition) is 5. The summed E-state index contributed by atoms with van der Waals surface area (Å²) in [4.78, 5) is 49.0. The molecule has 0 spiro atoms. The minimum atomic E-state index is -1.18. The molecule has 9 nitrogen and oxygen atoms in total. The van der Waals surface area contributed by atoms with E-state index in [4.69, 9.17) is 9.84 Å². The number of rotatable bonds is 3. The molecule has 9 heteroatoms. The Labute approximate surface area is 120 Å². The Hall–Kier alpha value is -2.16. The van der Waals surface area contributed by atoms with Crippen molar-refractivity contribution >= 4 is 23.8 Å². The van der Waals surface area contributed by atoms with Crippen molar-refractivity contribution in [3.8, 4) is 0 Å². The first kappa shape index (κ1) is 15.2. The summed E-state index contributed by atoms with van der Waals surface area (Å²) in [5.74, 6) is -2.28. The molecule has 2 rings (SSSR count). The topological polar surface area (TPSA) is 116 Å². The van der Waals surface area contributed by atoms with Crippen molar-refractivity contribution in [1.82, 2.24) is 15.1 Å². The number of imide groups is 1. The number of aliphatic carboxylic acids is 1. The van der Waals surface area contributed by atoms with Gasteiger partial charge < -0.3 is 20.1 Å². The number of carboxylic acid groups (broad SMARTS) is 1. The van der Waals surface area contributed by atoms with Crippen LogP contribution in [0.2, 0.25) is 0 Å². The third-order valence-corrected chi connectivity index (χ3v) is 3.47. The predicted octanol–water partition coefficient (Wildman–Crippen LogP) is -1.37. The van der Waals surface area contributed by atoms with E-state index in [0.29, 0.717) is 0 Å². The Morgan fingerprint density at radius 2 is 2.10 bits per heavy atom. The van der Waals surface area contributed by atoms with E-state index < -0.39 is 41.9 Å². The SMILES string of the molecule is CC1(C)NC(=O)N(CC(=O)N2CCOCC2C(=O)O)C1=O. The van der Waals surface area contributed by atoms with Gasteiger partial charge >= 0.3 is 12.0 Å².